The molecule has 106 valence electrons. The highest BCUT2D eigenvalue weighted by molar-refractivity contribution is 7.13. The molecule has 21 heavy (non-hydrogen) atoms. The molecule has 1 N–H and O–H groups in total. The fourth-order valence-electron chi connectivity index (χ4n) is 1.76. The number of benzene rings is 1. The van der Waals surface area contributed by atoms with E-state index < -0.39 is 5.97 Å². The molecule has 0 aliphatic rings. The van der Waals surface area contributed by atoms with Gasteiger partial charge in [-0.25, -0.2) is 4.79 Å². The summed E-state index contributed by atoms with van der Waals surface area (Å²) in [6.07, 6.45) is 0. The van der Waals surface area contributed by atoms with Crippen LogP contribution in [0.3, 0.4) is 0 Å². The minimum absolute atomic E-state index is 0.171. The molecule has 2 aromatic heterocycles. The van der Waals surface area contributed by atoms with Crippen molar-refractivity contribution < 1.29 is 19.1 Å². The lowest BCUT2D eigenvalue weighted by molar-refractivity contribution is 0.0697. The molecule has 0 aliphatic carbocycles. The number of thiophene rings is 1. The van der Waals surface area contributed by atoms with Crippen LogP contribution in [0.15, 0.2) is 40.1 Å². The van der Waals surface area contributed by atoms with Gasteiger partial charge in [-0.15, -0.1) is 21.5 Å². The summed E-state index contributed by atoms with van der Waals surface area (Å²) in [5.74, 6) is 0.377. The lowest BCUT2D eigenvalue weighted by atomic mass is 10.1. The smallest absolute Gasteiger partial charge is 0.335 e. The zero-order chi connectivity index (χ0) is 14.8. The second-order valence-electron chi connectivity index (χ2n) is 4.15. The van der Waals surface area contributed by atoms with Gasteiger partial charge >= 0.3 is 5.97 Å². The summed E-state index contributed by atoms with van der Waals surface area (Å²) in [6, 6.07) is 8.16. The molecule has 0 bridgehead atoms. The summed E-state index contributed by atoms with van der Waals surface area (Å²) in [5.41, 5.74) is 0.738. The van der Waals surface area contributed by atoms with Crippen molar-refractivity contribution in [1.29, 1.82) is 0 Å². The number of ether oxygens (including phenoxy) is 1. The van der Waals surface area contributed by atoms with Gasteiger partial charge in [-0.2, -0.15) is 0 Å². The van der Waals surface area contributed by atoms with E-state index in [4.69, 9.17) is 14.3 Å². The quantitative estimate of drug-likeness (QED) is 0.796. The molecule has 0 aliphatic heterocycles. The number of methoxy groups -OCH3 is 1. The molecule has 0 spiro atoms. The van der Waals surface area contributed by atoms with Gasteiger partial charge in [0.2, 0.25) is 5.89 Å². The third-order valence-corrected chi connectivity index (χ3v) is 3.70. The van der Waals surface area contributed by atoms with Crippen molar-refractivity contribution in [2.24, 2.45) is 0 Å². The maximum absolute atomic E-state index is 11.0. The highest BCUT2D eigenvalue weighted by Crippen LogP contribution is 2.31. The highest BCUT2D eigenvalue weighted by atomic mass is 32.1. The molecule has 1 aromatic carbocycles. The van der Waals surface area contributed by atoms with Gasteiger partial charge in [0, 0.05) is 17.0 Å². The monoisotopic (exact) mass is 302 g/mol. The third-order valence-electron chi connectivity index (χ3n) is 2.80. The summed E-state index contributed by atoms with van der Waals surface area (Å²) in [4.78, 5) is 11.8. The number of aromatic carboxylic acids is 1. The van der Waals surface area contributed by atoms with Crippen molar-refractivity contribution in [2.75, 3.05) is 7.11 Å². The van der Waals surface area contributed by atoms with E-state index in [9.17, 15) is 4.79 Å². The predicted octanol–water partition coefficient (Wildman–Crippen LogP) is 3.17. The molecule has 0 radical (unpaired) electrons. The van der Waals surface area contributed by atoms with E-state index in [0.29, 0.717) is 11.5 Å². The average molecular weight is 302 g/mol. The number of nitrogens with zero attached hydrogens (tertiary/aromatic N) is 2. The summed E-state index contributed by atoms with van der Waals surface area (Å²) in [6.45, 7) is 0. The van der Waals surface area contributed by atoms with Crippen LogP contribution in [-0.4, -0.2) is 28.4 Å². The maximum Gasteiger partial charge on any atom is 0.335 e. The summed E-state index contributed by atoms with van der Waals surface area (Å²) >= 11 is 1.43. The largest absolute Gasteiger partial charge is 0.496 e. The van der Waals surface area contributed by atoms with Crippen LogP contribution in [0.25, 0.3) is 22.2 Å². The fraction of sp³-hybridized carbons (Fsp3) is 0.0714. The topological polar surface area (TPSA) is 85.5 Å². The molecule has 0 amide bonds. The van der Waals surface area contributed by atoms with E-state index in [1.807, 2.05) is 5.38 Å². The molecule has 0 saturated heterocycles. The van der Waals surface area contributed by atoms with Gasteiger partial charge in [-0.3, -0.25) is 0 Å². The Morgan fingerprint density at radius 1 is 1.29 bits per heavy atom. The third kappa shape index (κ3) is 2.63. The normalized spacial score (nSPS) is 10.5. The van der Waals surface area contributed by atoms with Crippen molar-refractivity contribution in [3.8, 4) is 28.0 Å². The van der Waals surface area contributed by atoms with Crippen LogP contribution in [0.1, 0.15) is 10.4 Å². The molecule has 7 heteroatoms. The van der Waals surface area contributed by atoms with Crippen LogP contribution >= 0.6 is 11.3 Å². The minimum atomic E-state index is -1.00. The predicted molar refractivity (Wildman–Crippen MR) is 76.6 cm³/mol. The fourth-order valence-corrected chi connectivity index (χ4v) is 2.54. The van der Waals surface area contributed by atoms with E-state index >= 15 is 0 Å². The van der Waals surface area contributed by atoms with Crippen LogP contribution in [0.2, 0.25) is 0 Å². The molecule has 2 heterocycles. The Balaban J connectivity index is 1.94. The summed E-state index contributed by atoms with van der Waals surface area (Å²) < 4.78 is 10.7. The van der Waals surface area contributed by atoms with Crippen LogP contribution < -0.4 is 4.74 Å². The Bertz CT molecular complexity index is 794. The number of aromatic nitrogens is 2. The Kier molecular flexibility index (Phi) is 3.41. The van der Waals surface area contributed by atoms with Crippen LogP contribution in [-0.2, 0) is 0 Å². The molecule has 3 rings (SSSR count). The van der Waals surface area contributed by atoms with Gasteiger partial charge in [-0.05, 0) is 18.2 Å². The van der Waals surface area contributed by atoms with E-state index in [1.54, 1.807) is 25.3 Å². The van der Waals surface area contributed by atoms with Gasteiger partial charge in [-0.1, -0.05) is 6.07 Å². The summed E-state index contributed by atoms with van der Waals surface area (Å²) in [7, 11) is 1.59. The van der Waals surface area contributed by atoms with E-state index in [0.717, 1.165) is 10.6 Å². The van der Waals surface area contributed by atoms with Crippen molar-refractivity contribution in [1.82, 2.24) is 10.2 Å². The SMILES string of the molecule is COc1csc(-c2nnc(-c3cccc(C(=O)O)c3)o2)c1. The molecule has 3 aromatic rings. The second-order valence-corrected chi connectivity index (χ2v) is 5.06. The van der Waals surface area contributed by atoms with Crippen molar-refractivity contribution >= 4 is 17.3 Å². The van der Waals surface area contributed by atoms with Crippen molar-refractivity contribution in [3.63, 3.8) is 0 Å². The average Bonchev–Trinajstić information content (AvgIpc) is 3.16. The molecule has 0 atom stereocenters. The van der Waals surface area contributed by atoms with Gasteiger partial charge in [0.25, 0.3) is 5.89 Å². The van der Waals surface area contributed by atoms with Gasteiger partial charge in [0.05, 0.1) is 17.6 Å². The Labute approximate surface area is 123 Å². The highest BCUT2D eigenvalue weighted by Gasteiger charge is 2.14. The van der Waals surface area contributed by atoms with Crippen LogP contribution in [0, 0.1) is 0 Å². The lowest BCUT2D eigenvalue weighted by Crippen LogP contribution is -1.95. The minimum Gasteiger partial charge on any atom is -0.496 e. The van der Waals surface area contributed by atoms with Crippen molar-refractivity contribution in [2.45, 2.75) is 0 Å². The first-order chi connectivity index (χ1) is 10.2. The van der Waals surface area contributed by atoms with Gasteiger partial charge < -0.3 is 14.3 Å². The molecular weight excluding hydrogens is 292 g/mol. The zero-order valence-corrected chi connectivity index (χ0v) is 11.8. The van der Waals surface area contributed by atoms with E-state index in [2.05, 4.69) is 10.2 Å². The second kappa shape index (κ2) is 5.37. The molecule has 0 unspecified atom stereocenters. The van der Waals surface area contributed by atoms with E-state index in [1.165, 1.54) is 23.5 Å². The number of hydrogen-bond acceptors (Lipinski definition) is 6. The zero-order valence-electron chi connectivity index (χ0n) is 10.9. The number of carboxylic acid groups (broad SMARTS) is 1. The summed E-state index contributed by atoms with van der Waals surface area (Å²) in [5, 5.41) is 18.8. The first-order valence-corrected chi connectivity index (χ1v) is 6.85. The molecule has 0 fully saturated rings. The molecular formula is C14H10N2O4S. The van der Waals surface area contributed by atoms with Crippen molar-refractivity contribution in [3.05, 3.63) is 41.3 Å². The maximum atomic E-state index is 11.0. The first-order valence-electron chi connectivity index (χ1n) is 5.97. The van der Waals surface area contributed by atoms with Gasteiger partial charge in [0.15, 0.2) is 0 Å². The molecule has 6 nitrogen and oxygen atoms in total. The number of rotatable bonds is 4. The number of hydrogen-bond donors (Lipinski definition) is 1. The van der Waals surface area contributed by atoms with Crippen LogP contribution in [0.5, 0.6) is 5.75 Å². The lowest BCUT2D eigenvalue weighted by Gasteiger charge is -1.97. The Morgan fingerprint density at radius 2 is 2.10 bits per heavy atom. The standard InChI is InChI=1S/C14H10N2O4S/c1-19-10-6-11(21-7-10)13-16-15-12(20-13)8-3-2-4-9(5-8)14(17)18/h2-7H,1H3,(H,17,18). The van der Waals surface area contributed by atoms with Gasteiger partial charge in [0.1, 0.15) is 5.75 Å². The van der Waals surface area contributed by atoms with Crippen LogP contribution in [0.4, 0.5) is 0 Å². The number of carbonyl (C=O) groups is 1. The first kappa shape index (κ1) is 13.3. The molecule has 0 saturated carbocycles. The van der Waals surface area contributed by atoms with E-state index in [-0.39, 0.29) is 11.5 Å². The Morgan fingerprint density at radius 3 is 2.81 bits per heavy atom. The Hall–Kier alpha value is -2.67. The number of carboxylic acids is 1.